The van der Waals surface area contributed by atoms with E-state index in [2.05, 4.69) is 10.0 Å². The monoisotopic (exact) mass is 438 g/mol. The van der Waals surface area contributed by atoms with Gasteiger partial charge in [-0.15, -0.1) is 0 Å². The van der Waals surface area contributed by atoms with E-state index in [1.165, 1.54) is 12.1 Å². The quantitative estimate of drug-likeness (QED) is 0.554. The van der Waals surface area contributed by atoms with Crippen molar-refractivity contribution in [1.82, 2.24) is 0 Å². The Labute approximate surface area is 183 Å². The average Bonchev–Trinajstić information content (AvgIpc) is 2.73. The molecule has 0 spiro atoms. The molecule has 0 bridgehead atoms. The number of aryl methyl sites for hydroxylation is 2. The second kappa shape index (κ2) is 9.22. The minimum Gasteiger partial charge on any atom is -0.481 e. The lowest BCUT2D eigenvalue weighted by Crippen LogP contribution is -2.30. The lowest BCUT2D eigenvalue weighted by molar-refractivity contribution is -0.122. The van der Waals surface area contributed by atoms with Gasteiger partial charge in [-0.3, -0.25) is 9.52 Å². The van der Waals surface area contributed by atoms with Crippen molar-refractivity contribution in [3.63, 3.8) is 0 Å². The molecule has 0 fully saturated rings. The molecule has 162 valence electrons. The van der Waals surface area contributed by atoms with Crippen molar-refractivity contribution in [3.05, 3.63) is 83.4 Å². The van der Waals surface area contributed by atoms with Gasteiger partial charge in [-0.1, -0.05) is 30.3 Å². The van der Waals surface area contributed by atoms with Gasteiger partial charge in [0, 0.05) is 5.69 Å². The highest BCUT2D eigenvalue weighted by molar-refractivity contribution is 7.92. The first-order chi connectivity index (χ1) is 14.7. The summed E-state index contributed by atoms with van der Waals surface area (Å²) in [5.74, 6) is 0.334. The molecule has 0 saturated heterocycles. The van der Waals surface area contributed by atoms with E-state index in [4.69, 9.17) is 4.74 Å². The Kier molecular flexibility index (Phi) is 6.65. The number of anilines is 2. The molecule has 3 aromatic carbocycles. The number of amides is 1. The van der Waals surface area contributed by atoms with Gasteiger partial charge in [-0.05, 0) is 80.8 Å². The summed E-state index contributed by atoms with van der Waals surface area (Å²) in [6.45, 7) is 7.43. The summed E-state index contributed by atoms with van der Waals surface area (Å²) in [6, 6.07) is 18.8. The molecule has 0 unspecified atom stereocenters. The molecule has 2 N–H and O–H groups in total. The van der Waals surface area contributed by atoms with Crippen molar-refractivity contribution >= 4 is 27.3 Å². The predicted molar refractivity (Wildman–Crippen MR) is 123 cm³/mol. The van der Waals surface area contributed by atoms with Crippen LogP contribution in [0.1, 0.15) is 23.6 Å². The Hall–Kier alpha value is -3.32. The molecule has 0 heterocycles. The molecular weight excluding hydrogens is 412 g/mol. The summed E-state index contributed by atoms with van der Waals surface area (Å²) >= 11 is 0. The normalized spacial score (nSPS) is 12.1. The van der Waals surface area contributed by atoms with Crippen LogP contribution >= 0.6 is 0 Å². The molecule has 6 nitrogen and oxygen atoms in total. The van der Waals surface area contributed by atoms with E-state index >= 15 is 0 Å². The molecular formula is C24H26N2O4S. The number of carbonyl (C=O) groups is 1. The van der Waals surface area contributed by atoms with Crippen LogP contribution in [-0.4, -0.2) is 20.4 Å². The maximum atomic E-state index is 12.6. The smallest absolute Gasteiger partial charge is 0.265 e. The number of hydrogen-bond acceptors (Lipinski definition) is 4. The van der Waals surface area contributed by atoms with E-state index in [1.807, 2.05) is 51.1 Å². The number of nitrogens with one attached hydrogen (secondary N) is 2. The van der Waals surface area contributed by atoms with Crippen molar-refractivity contribution in [2.45, 2.75) is 38.7 Å². The summed E-state index contributed by atoms with van der Waals surface area (Å²) < 4.78 is 33.7. The van der Waals surface area contributed by atoms with Gasteiger partial charge in [0.25, 0.3) is 15.9 Å². The summed E-state index contributed by atoms with van der Waals surface area (Å²) in [5, 5.41) is 2.75. The van der Waals surface area contributed by atoms with Crippen LogP contribution in [0.4, 0.5) is 11.4 Å². The SMILES string of the molecule is Cc1ccccc1NS(=O)(=O)c1ccc(NC(=O)[C@H](C)Oc2cccc(C)c2C)cc1. The van der Waals surface area contributed by atoms with Crippen LogP contribution in [0.15, 0.2) is 71.6 Å². The molecule has 0 aromatic heterocycles. The van der Waals surface area contributed by atoms with E-state index in [9.17, 15) is 13.2 Å². The Bertz CT molecular complexity index is 1190. The van der Waals surface area contributed by atoms with E-state index in [1.54, 1.807) is 31.2 Å². The van der Waals surface area contributed by atoms with Crippen LogP contribution in [0, 0.1) is 20.8 Å². The van der Waals surface area contributed by atoms with Crippen LogP contribution in [0.5, 0.6) is 5.75 Å². The number of carbonyl (C=O) groups excluding carboxylic acids is 1. The average molecular weight is 439 g/mol. The van der Waals surface area contributed by atoms with Crippen molar-refractivity contribution < 1.29 is 17.9 Å². The Morgan fingerprint density at radius 2 is 1.52 bits per heavy atom. The van der Waals surface area contributed by atoms with Crippen LogP contribution in [-0.2, 0) is 14.8 Å². The zero-order valence-corrected chi connectivity index (χ0v) is 18.8. The topological polar surface area (TPSA) is 84.5 Å². The van der Waals surface area contributed by atoms with Crippen molar-refractivity contribution in [2.75, 3.05) is 10.0 Å². The standard InChI is InChI=1S/C24H26N2O4S/c1-16-9-7-11-23(18(16)3)30-19(4)24(27)25-20-12-14-21(15-13-20)31(28,29)26-22-10-6-5-8-17(22)2/h5-15,19,26H,1-4H3,(H,25,27)/t19-/m0/s1. The molecule has 0 aliphatic carbocycles. The van der Waals surface area contributed by atoms with E-state index in [0.717, 1.165) is 16.7 Å². The fraction of sp³-hybridized carbons (Fsp3) is 0.208. The lowest BCUT2D eigenvalue weighted by Gasteiger charge is -2.17. The van der Waals surface area contributed by atoms with Crippen molar-refractivity contribution in [1.29, 1.82) is 0 Å². The first kappa shape index (κ1) is 22.4. The van der Waals surface area contributed by atoms with Gasteiger partial charge in [0.1, 0.15) is 5.75 Å². The number of benzene rings is 3. The molecule has 31 heavy (non-hydrogen) atoms. The lowest BCUT2D eigenvalue weighted by atomic mass is 10.1. The highest BCUT2D eigenvalue weighted by Gasteiger charge is 2.18. The summed E-state index contributed by atoms with van der Waals surface area (Å²) in [7, 11) is -3.73. The van der Waals surface area contributed by atoms with Gasteiger partial charge >= 0.3 is 0 Å². The second-order valence-corrected chi connectivity index (χ2v) is 9.07. The Morgan fingerprint density at radius 1 is 0.871 bits per heavy atom. The van der Waals surface area contributed by atoms with Crippen LogP contribution in [0.25, 0.3) is 0 Å². The highest BCUT2D eigenvalue weighted by Crippen LogP contribution is 2.23. The van der Waals surface area contributed by atoms with Gasteiger partial charge < -0.3 is 10.1 Å². The van der Waals surface area contributed by atoms with E-state index in [0.29, 0.717) is 17.1 Å². The van der Waals surface area contributed by atoms with Gasteiger partial charge in [0.05, 0.1) is 10.6 Å². The Balaban J connectivity index is 1.66. The van der Waals surface area contributed by atoms with Crippen LogP contribution in [0.2, 0.25) is 0 Å². The maximum Gasteiger partial charge on any atom is 0.265 e. The van der Waals surface area contributed by atoms with E-state index in [-0.39, 0.29) is 10.8 Å². The fourth-order valence-electron chi connectivity index (χ4n) is 2.95. The number of ether oxygens (including phenoxy) is 1. The third-order valence-electron chi connectivity index (χ3n) is 5.05. The molecule has 0 aliphatic heterocycles. The maximum absolute atomic E-state index is 12.6. The van der Waals surface area contributed by atoms with Crippen LogP contribution in [0.3, 0.4) is 0 Å². The zero-order chi connectivity index (χ0) is 22.6. The van der Waals surface area contributed by atoms with Gasteiger partial charge in [0.2, 0.25) is 0 Å². The molecule has 3 aromatic rings. The first-order valence-corrected chi connectivity index (χ1v) is 11.4. The number of rotatable bonds is 7. The largest absolute Gasteiger partial charge is 0.481 e. The molecule has 0 aliphatic rings. The van der Waals surface area contributed by atoms with Crippen LogP contribution < -0.4 is 14.8 Å². The third kappa shape index (κ3) is 5.44. The van der Waals surface area contributed by atoms with Crippen molar-refractivity contribution in [3.8, 4) is 5.75 Å². The molecule has 1 atom stereocenters. The molecule has 0 radical (unpaired) electrons. The predicted octanol–water partition coefficient (Wildman–Crippen LogP) is 4.82. The third-order valence-corrected chi connectivity index (χ3v) is 6.43. The highest BCUT2D eigenvalue weighted by atomic mass is 32.2. The van der Waals surface area contributed by atoms with Gasteiger partial charge in [-0.25, -0.2) is 8.42 Å². The number of hydrogen-bond donors (Lipinski definition) is 2. The summed E-state index contributed by atoms with van der Waals surface area (Å²) in [6.07, 6.45) is -0.716. The molecule has 1 amide bonds. The van der Waals surface area contributed by atoms with Gasteiger partial charge in [0.15, 0.2) is 6.10 Å². The summed E-state index contributed by atoms with van der Waals surface area (Å²) in [5.41, 5.74) is 3.90. The van der Waals surface area contributed by atoms with E-state index < -0.39 is 16.1 Å². The number of para-hydroxylation sites is 1. The Morgan fingerprint density at radius 3 is 2.19 bits per heavy atom. The minimum atomic E-state index is -3.73. The number of sulfonamides is 1. The first-order valence-electron chi connectivity index (χ1n) is 9.89. The van der Waals surface area contributed by atoms with Crippen molar-refractivity contribution in [2.24, 2.45) is 0 Å². The minimum absolute atomic E-state index is 0.105. The summed E-state index contributed by atoms with van der Waals surface area (Å²) in [4.78, 5) is 12.6. The second-order valence-electron chi connectivity index (χ2n) is 7.39. The molecule has 0 saturated carbocycles. The molecule has 3 rings (SSSR count). The zero-order valence-electron chi connectivity index (χ0n) is 18.0. The molecule has 7 heteroatoms. The van der Waals surface area contributed by atoms with Gasteiger partial charge in [-0.2, -0.15) is 0 Å². The fourth-order valence-corrected chi connectivity index (χ4v) is 4.08.